The van der Waals surface area contributed by atoms with Crippen molar-refractivity contribution in [2.24, 2.45) is 0 Å². The van der Waals surface area contributed by atoms with Crippen molar-refractivity contribution in [1.29, 1.82) is 0 Å². The Morgan fingerprint density at radius 3 is 1.19 bits per heavy atom. The van der Waals surface area contributed by atoms with Gasteiger partial charge in [-0.1, -0.05) is 103 Å². The van der Waals surface area contributed by atoms with Crippen molar-refractivity contribution in [3.63, 3.8) is 0 Å². The van der Waals surface area contributed by atoms with Crippen LogP contribution in [0, 0.1) is 0 Å². The maximum absolute atomic E-state index is 6.47. The quantitative estimate of drug-likeness (QED) is 0.161. The SMILES string of the molecule is C(=Cc1ccc2c(c1)oc1cc(N(c3ccccc3)c3ccccc3)ccc12)c1ccc(N(c2ccccc2)c2ccccc2)cc1. The Morgan fingerprint density at radius 1 is 0.319 bits per heavy atom. The monoisotopic (exact) mass is 604 g/mol. The molecule has 1 aromatic heterocycles. The van der Waals surface area contributed by atoms with Gasteiger partial charge in [0.2, 0.25) is 0 Å². The Kier molecular flexibility index (Phi) is 7.54. The summed E-state index contributed by atoms with van der Waals surface area (Å²) in [6.45, 7) is 0. The predicted octanol–water partition coefficient (Wildman–Crippen LogP) is 12.7. The first-order valence-corrected chi connectivity index (χ1v) is 15.9. The van der Waals surface area contributed by atoms with Crippen LogP contribution in [0.3, 0.4) is 0 Å². The lowest BCUT2D eigenvalue weighted by atomic mass is 10.1. The van der Waals surface area contributed by atoms with E-state index in [4.69, 9.17) is 4.42 Å². The molecule has 0 unspecified atom stereocenters. The summed E-state index contributed by atoms with van der Waals surface area (Å²) in [4.78, 5) is 4.53. The summed E-state index contributed by atoms with van der Waals surface area (Å²) in [6.07, 6.45) is 4.30. The number of hydrogen-bond acceptors (Lipinski definition) is 3. The molecule has 0 saturated carbocycles. The lowest BCUT2D eigenvalue weighted by molar-refractivity contribution is 0.669. The number of rotatable bonds is 8. The van der Waals surface area contributed by atoms with E-state index < -0.39 is 0 Å². The van der Waals surface area contributed by atoms with Crippen molar-refractivity contribution >= 4 is 68.2 Å². The van der Waals surface area contributed by atoms with E-state index in [1.807, 2.05) is 24.3 Å². The first kappa shape index (κ1) is 28.2. The number of hydrogen-bond donors (Lipinski definition) is 0. The molecule has 224 valence electrons. The molecule has 8 aromatic rings. The molecule has 0 spiro atoms. The van der Waals surface area contributed by atoms with E-state index >= 15 is 0 Å². The first-order chi connectivity index (χ1) is 23.3. The molecule has 0 atom stereocenters. The molecule has 47 heavy (non-hydrogen) atoms. The maximum Gasteiger partial charge on any atom is 0.137 e. The predicted molar refractivity (Wildman–Crippen MR) is 198 cm³/mol. The molecule has 0 N–H and O–H groups in total. The first-order valence-electron chi connectivity index (χ1n) is 15.9. The zero-order valence-corrected chi connectivity index (χ0v) is 25.8. The van der Waals surface area contributed by atoms with Crippen LogP contribution >= 0.6 is 0 Å². The minimum absolute atomic E-state index is 0.868. The fraction of sp³-hybridized carbons (Fsp3) is 0. The van der Waals surface area contributed by atoms with E-state index in [2.05, 4.69) is 180 Å². The third kappa shape index (κ3) is 5.79. The number of benzene rings is 7. The van der Waals surface area contributed by atoms with Crippen molar-refractivity contribution in [3.05, 3.63) is 193 Å². The van der Waals surface area contributed by atoms with E-state index in [9.17, 15) is 0 Å². The lowest BCUT2D eigenvalue weighted by Crippen LogP contribution is -2.09. The van der Waals surface area contributed by atoms with Gasteiger partial charge in [0.25, 0.3) is 0 Å². The molecular formula is C44H32N2O. The average molecular weight is 605 g/mol. The van der Waals surface area contributed by atoms with Gasteiger partial charge in [-0.2, -0.15) is 0 Å². The molecule has 0 aliphatic carbocycles. The second kappa shape index (κ2) is 12.6. The van der Waals surface area contributed by atoms with Crippen LogP contribution in [0.1, 0.15) is 11.1 Å². The Morgan fingerprint density at radius 2 is 0.681 bits per heavy atom. The van der Waals surface area contributed by atoms with Crippen LogP contribution < -0.4 is 9.80 Å². The molecule has 0 bridgehead atoms. The lowest BCUT2D eigenvalue weighted by Gasteiger charge is -2.25. The average Bonchev–Trinajstić information content (AvgIpc) is 3.50. The minimum atomic E-state index is 0.868. The van der Waals surface area contributed by atoms with E-state index in [0.717, 1.165) is 67.2 Å². The van der Waals surface area contributed by atoms with Crippen molar-refractivity contribution in [2.45, 2.75) is 0 Å². The van der Waals surface area contributed by atoms with Crippen LogP contribution in [-0.4, -0.2) is 0 Å². The van der Waals surface area contributed by atoms with Gasteiger partial charge < -0.3 is 14.2 Å². The second-order valence-corrected chi connectivity index (χ2v) is 11.5. The largest absolute Gasteiger partial charge is 0.456 e. The van der Waals surface area contributed by atoms with Crippen LogP contribution in [0.25, 0.3) is 34.1 Å². The zero-order chi connectivity index (χ0) is 31.4. The highest BCUT2D eigenvalue weighted by molar-refractivity contribution is 6.06. The summed E-state index contributed by atoms with van der Waals surface area (Å²) >= 11 is 0. The molecule has 0 amide bonds. The molecule has 0 aliphatic heterocycles. The molecule has 0 aliphatic rings. The molecule has 7 aromatic carbocycles. The Hall–Kier alpha value is -6.32. The normalized spacial score (nSPS) is 11.3. The summed E-state index contributed by atoms with van der Waals surface area (Å²) in [6, 6.07) is 63.4. The van der Waals surface area contributed by atoms with E-state index in [1.165, 1.54) is 0 Å². The van der Waals surface area contributed by atoms with Crippen molar-refractivity contribution in [3.8, 4) is 0 Å². The number of anilines is 6. The Balaban J connectivity index is 1.07. The van der Waals surface area contributed by atoms with Gasteiger partial charge in [0, 0.05) is 51.0 Å². The summed E-state index contributed by atoms with van der Waals surface area (Å²) in [5, 5.41) is 2.22. The van der Waals surface area contributed by atoms with Gasteiger partial charge in [0.05, 0.1) is 0 Å². The van der Waals surface area contributed by atoms with E-state index in [1.54, 1.807) is 0 Å². The number of nitrogens with zero attached hydrogens (tertiary/aromatic N) is 2. The maximum atomic E-state index is 6.47. The summed E-state index contributed by atoms with van der Waals surface area (Å²) in [5.41, 5.74) is 10.6. The molecule has 0 fully saturated rings. The van der Waals surface area contributed by atoms with Crippen LogP contribution in [0.5, 0.6) is 0 Å². The van der Waals surface area contributed by atoms with Crippen LogP contribution in [0.4, 0.5) is 34.1 Å². The third-order valence-electron chi connectivity index (χ3n) is 8.42. The van der Waals surface area contributed by atoms with Gasteiger partial charge in [0.15, 0.2) is 0 Å². The van der Waals surface area contributed by atoms with Crippen molar-refractivity contribution in [2.75, 3.05) is 9.80 Å². The van der Waals surface area contributed by atoms with Crippen molar-refractivity contribution in [1.82, 2.24) is 0 Å². The fourth-order valence-corrected chi connectivity index (χ4v) is 6.15. The molecule has 3 nitrogen and oxygen atoms in total. The number of fused-ring (bicyclic) bond motifs is 3. The van der Waals surface area contributed by atoms with Gasteiger partial charge in [-0.15, -0.1) is 0 Å². The molecule has 8 rings (SSSR count). The zero-order valence-electron chi connectivity index (χ0n) is 25.8. The number of para-hydroxylation sites is 4. The smallest absolute Gasteiger partial charge is 0.137 e. The Bertz CT molecular complexity index is 2200. The second-order valence-electron chi connectivity index (χ2n) is 11.5. The van der Waals surface area contributed by atoms with E-state index in [0.29, 0.717) is 0 Å². The van der Waals surface area contributed by atoms with Gasteiger partial charge in [-0.3, -0.25) is 0 Å². The fourth-order valence-electron chi connectivity index (χ4n) is 6.15. The Labute approximate surface area is 274 Å². The summed E-state index contributed by atoms with van der Waals surface area (Å²) < 4.78 is 6.47. The minimum Gasteiger partial charge on any atom is -0.456 e. The molecular weight excluding hydrogens is 572 g/mol. The van der Waals surface area contributed by atoms with Crippen molar-refractivity contribution < 1.29 is 4.42 Å². The highest BCUT2D eigenvalue weighted by atomic mass is 16.3. The third-order valence-corrected chi connectivity index (χ3v) is 8.42. The van der Waals surface area contributed by atoms with Gasteiger partial charge in [0.1, 0.15) is 11.2 Å². The van der Waals surface area contributed by atoms with Crippen LogP contribution in [0.15, 0.2) is 186 Å². The number of furan rings is 1. The van der Waals surface area contributed by atoms with Gasteiger partial charge >= 0.3 is 0 Å². The standard InChI is InChI=1S/C44H32N2O/c1-5-13-35(14-6-1)45(36-15-7-2-8-16-36)39-26-23-33(24-27-39)21-22-34-25-29-41-42-30-28-40(32-44(42)47-43(41)31-34)46(37-17-9-3-10-18-37)38-19-11-4-12-20-38/h1-32H. The highest BCUT2D eigenvalue weighted by Crippen LogP contribution is 2.39. The molecule has 0 saturated heterocycles. The summed E-state index contributed by atoms with van der Waals surface area (Å²) in [5.74, 6) is 0. The summed E-state index contributed by atoms with van der Waals surface area (Å²) in [7, 11) is 0. The van der Waals surface area contributed by atoms with Gasteiger partial charge in [-0.25, -0.2) is 0 Å². The van der Waals surface area contributed by atoms with E-state index in [-0.39, 0.29) is 0 Å². The molecule has 1 heterocycles. The van der Waals surface area contributed by atoms with Gasteiger partial charge in [-0.05, 0) is 96.1 Å². The molecule has 0 radical (unpaired) electrons. The van der Waals surface area contributed by atoms with Crippen LogP contribution in [-0.2, 0) is 0 Å². The topological polar surface area (TPSA) is 19.6 Å². The van der Waals surface area contributed by atoms with Crippen LogP contribution in [0.2, 0.25) is 0 Å². The highest BCUT2D eigenvalue weighted by Gasteiger charge is 2.15. The molecule has 3 heteroatoms.